The van der Waals surface area contributed by atoms with Gasteiger partial charge in [-0.2, -0.15) is 0 Å². The van der Waals surface area contributed by atoms with Crippen molar-refractivity contribution >= 4 is 21.7 Å². The van der Waals surface area contributed by atoms with E-state index in [1.54, 1.807) is 0 Å². The summed E-state index contributed by atoms with van der Waals surface area (Å²) < 4.78 is 11.6. The van der Waals surface area contributed by atoms with Crippen molar-refractivity contribution < 1.29 is 9.47 Å². The van der Waals surface area contributed by atoms with E-state index in [0.29, 0.717) is 23.1 Å². The summed E-state index contributed by atoms with van der Waals surface area (Å²) in [6, 6.07) is 5.59. The largest absolute Gasteiger partial charge is 0.454 e. The summed E-state index contributed by atoms with van der Waals surface area (Å²) >= 11 is 3.48. The Morgan fingerprint density at radius 2 is 1.90 bits per heavy atom. The number of aromatic nitrogens is 2. The molecule has 1 aromatic heterocycles. The Morgan fingerprint density at radius 1 is 1.14 bits per heavy atom. The van der Waals surface area contributed by atoms with Crippen LogP contribution in [0.1, 0.15) is 26.5 Å². The Hall–Kier alpha value is -1.82. The molecule has 2 heterocycles. The molecule has 0 radical (unpaired) electrons. The molecule has 2 aromatic rings. The zero-order valence-electron chi connectivity index (χ0n) is 12.1. The van der Waals surface area contributed by atoms with Crippen LogP contribution < -0.4 is 15.2 Å². The number of hydrogen-bond donors (Lipinski definition) is 1. The lowest BCUT2D eigenvalue weighted by atomic mass is 9.92. The number of nitrogen functional groups attached to an aromatic ring is 1. The molecule has 3 rings (SSSR count). The zero-order valence-corrected chi connectivity index (χ0v) is 13.7. The topological polar surface area (TPSA) is 70.3 Å². The van der Waals surface area contributed by atoms with Crippen LogP contribution in [-0.2, 0) is 5.41 Å². The number of hydrogen-bond acceptors (Lipinski definition) is 5. The monoisotopic (exact) mass is 349 g/mol. The van der Waals surface area contributed by atoms with Gasteiger partial charge in [-0.25, -0.2) is 9.97 Å². The predicted molar refractivity (Wildman–Crippen MR) is 84.4 cm³/mol. The maximum Gasteiger partial charge on any atom is 0.231 e. The highest BCUT2D eigenvalue weighted by atomic mass is 79.9. The average Bonchev–Trinajstić information content (AvgIpc) is 2.85. The van der Waals surface area contributed by atoms with E-state index in [0.717, 1.165) is 15.7 Å². The van der Waals surface area contributed by atoms with Crippen LogP contribution in [0.2, 0.25) is 0 Å². The fourth-order valence-electron chi connectivity index (χ4n) is 2.08. The van der Waals surface area contributed by atoms with Crippen molar-refractivity contribution in [3.05, 3.63) is 28.4 Å². The Morgan fingerprint density at radius 3 is 2.62 bits per heavy atom. The number of fused-ring (bicyclic) bond motifs is 1. The van der Waals surface area contributed by atoms with Gasteiger partial charge in [-0.1, -0.05) is 20.8 Å². The Bertz CT molecular complexity index is 711. The zero-order chi connectivity index (χ0) is 15.2. The summed E-state index contributed by atoms with van der Waals surface area (Å²) in [5.41, 5.74) is 7.57. The van der Waals surface area contributed by atoms with Gasteiger partial charge in [-0.3, -0.25) is 0 Å². The summed E-state index contributed by atoms with van der Waals surface area (Å²) in [6.07, 6.45) is 0. The van der Waals surface area contributed by atoms with Gasteiger partial charge in [0.15, 0.2) is 17.3 Å². The van der Waals surface area contributed by atoms with Crippen LogP contribution in [0.5, 0.6) is 11.5 Å². The first-order valence-electron chi connectivity index (χ1n) is 6.59. The molecule has 0 bridgehead atoms. The standard InChI is InChI=1S/C15H16BrN3O2/c1-15(2,3)11-6-12(17)19-14(18-11)8-4-9(16)13-10(5-8)20-7-21-13/h4-6H,7H2,1-3H3,(H2,17,18,19). The summed E-state index contributed by atoms with van der Waals surface area (Å²) in [5, 5.41) is 0. The number of ether oxygens (including phenoxy) is 2. The number of rotatable bonds is 1. The molecule has 6 heteroatoms. The minimum Gasteiger partial charge on any atom is -0.454 e. The summed E-state index contributed by atoms with van der Waals surface area (Å²) in [6.45, 7) is 6.50. The Balaban J connectivity index is 2.13. The molecular formula is C15H16BrN3O2. The number of anilines is 1. The van der Waals surface area contributed by atoms with Gasteiger partial charge in [0.2, 0.25) is 6.79 Å². The van der Waals surface area contributed by atoms with Gasteiger partial charge in [0, 0.05) is 17.0 Å². The van der Waals surface area contributed by atoms with Crippen LogP contribution in [-0.4, -0.2) is 16.8 Å². The molecule has 5 nitrogen and oxygen atoms in total. The van der Waals surface area contributed by atoms with Crippen LogP contribution in [0.3, 0.4) is 0 Å². The SMILES string of the molecule is CC(C)(C)c1cc(N)nc(-c2cc(Br)c3c(c2)OCO3)n1. The second kappa shape index (κ2) is 4.87. The van der Waals surface area contributed by atoms with Gasteiger partial charge in [-0.15, -0.1) is 0 Å². The third kappa shape index (κ3) is 2.68. The lowest BCUT2D eigenvalue weighted by Gasteiger charge is -2.18. The molecule has 0 saturated carbocycles. The van der Waals surface area contributed by atoms with Gasteiger partial charge >= 0.3 is 0 Å². The molecule has 1 aromatic carbocycles. The van der Waals surface area contributed by atoms with Crippen molar-refractivity contribution in [2.24, 2.45) is 0 Å². The third-order valence-electron chi connectivity index (χ3n) is 3.20. The quantitative estimate of drug-likeness (QED) is 0.852. The van der Waals surface area contributed by atoms with E-state index in [1.807, 2.05) is 18.2 Å². The van der Waals surface area contributed by atoms with E-state index >= 15 is 0 Å². The van der Waals surface area contributed by atoms with Crippen molar-refractivity contribution in [1.82, 2.24) is 9.97 Å². The highest BCUT2D eigenvalue weighted by molar-refractivity contribution is 9.10. The Kier molecular flexibility index (Phi) is 3.28. The average molecular weight is 350 g/mol. The fourth-order valence-corrected chi connectivity index (χ4v) is 2.63. The van der Waals surface area contributed by atoms with Crippen LogP contribution >= 0.6 is 15.9 Å². The van der Waals surface area contributed by atoms with Gasteiger partial charge < -0.3 is 15.2 Å². The second-order valence-electron chi connectivity index (χ2n) is 5.94. The number of nitrogens with zero attached hydrogens (tertiary/aromatic N) is 2. The highest BCUT2D eigenvalue weighted by Crippen LogP contribution is 2.42. The van der Waals surface area contributed by atoms with E-state index in [2.05, 4.69) is 46.7 Å². The summed E-state index contributed by atoms with van der Waals surface area (Å²) in [4.78, 5) is 8.97. The lowest BCUT2D eigenvalue weighted by molar-refractivity contribution is 0.173. The van der Waals surface area contributed by atoms with Gasteiger partial charge in [0.25, 0.3) is 0 Å². The molecule has 0 amide bonds. The molecule has 110 valence electrons. The third-order valence-corrected chi connectivity index (χ3v) is 3.79. The minimum absolute atomic E-state index is 0.0978. The molecule has 1 aliphatic rings. The first-order valence-corrected chi connectivity index (χ1v) is 7.38. The van der Waals surface area contributed by atoms with E-state index in [9.17, 15) is 0 Å². The number of nitrogens with two attached hydrogens (primary N) is 1. The second-order valence-corrected chi connectivity index (χ2v) is 6.80. The van der Waals surface area contributed by atoms with E-state index in [-0.39, 0.29) is 12.2 Å². The van der Waals surface area contributed by atoms with E-state index < -0.39 is 0 Å². The molecule has 0 aliphatic carbocycles. The van der Waals surface area contributed by atoms with Crippen molar-refractivity contribution in [2.75, 3.05) is 12.5 Å². The van der Waals surface area contributed by atoms with Crippen molar-refractivity contribution in [2.45, 2.75) is 26.2 Å². The first-order chi connectivity index (χ1) is 9.84. The van der Waals surface area contributed by atoms with Crippen LogP contribution in [0.15, 0.2) is 22.7 Å². The molecule has 21 heavy (non-hydrogen) atoms. The molecule has 0 fully saturated rings. The molecule has 0 atom stereocenters. The van der Waals surface area contributed by atoms with Gasteiger partial charge in [0.1, 0.15) is 5.82 Å². The van der Waals surface area contributed by atoms with Crippen LogP contribution in [0.4, 0.5) is 5.82 Å². The van der Waals surface area contributed by atoms with Crippen LogP contribution in [0, 0.1) is 0 Å². The molecule has 0 saturated heterocycles. The molecular weight excluding hydrogens is 334 g/mol. The molecule has 0 spiro atoms. The number of benzene rings is 1. The van der Waals surface area contributed by atoms with E-state index in [4.69, 9.17) is 15.2 Å². The predicted octanol–water partition coefficient (Wildman–Crippen LogP) is 3.51. The fraction of sp³-hybridized carbons (Fsp3) is 0.333. The Labute approximate surface area is 131 Å². The van der Waals surface area contributed by atoms with Crippen LogP contribution in [0.25, 0.3) is 11.4 Å². The van der Waals surface area contributed by atoms with Gasteiger partial charge in [0.05, 0.1) is 10.2 Å². The molecule has 1 aliphatic heterocycles. The number of halogens is 1. The lowest BCUT2D eigenvalue weighted by Crippen LogP contribution is -2.15. The van der Waals surface area contributed by atoms with Gasteiger partial charge in [-0.05, 0) is 28.1 Å². The summed E-state index contributed by atoms with van der Waals surface area (Å²) in [7, 11) is 0. The minimum atomic E-state index is -0.0978. The highest BCUT2D eigenvalue weighted by Gasteiger charge is 2.21. The smallest absolute Gasteiger partial charge is 0.231 e. The maximum absolute atomic E-state index is 5.93. The summed E-state index contributed by atoms with van der Waals surface area (Å²) in [5.74, 6) is 2.43. The van der Waals surface area contributed by atoms with E-state index in [1.165, 1.54) is 0 Å². The molecule has 0 unspecified atom stereocenters. The first kappa shape index (κ1) is 14.1. The van der Waals surface area contributed by atoms with Crippen molar-refractivity contribution in [1.29, 1.82) is 0 Å². The normalized spacial score (nSPS) is 13.5. The molecule has 2 N–H and O–H groups in total. The maximum atomic E-state index is 5.93. The van der Waals surface area contributed by atoms with Crippen molar-refractivity contribution in [3.63, 3.8) is 0 Å². The van der Waals surface area contributed by atoms with Crippen molar-refractivity contribution in [3.8, 4) is 22.9 Å².